The highest BCUT2D eigenvalue weighted by Crippen LogP contribution is 2.36. The summed E-state index contributed by atoms with van der Waals surface area (Å²) in [6.07, 6.45) is 0.557. The van der Waals surface area contributed by atoms with Gasteiger partial charge in [-0.25, -0.2) is 4.79 Å². The third-order valence-electron chi connectivity index (χ3n) is 7.99. The lowest BCUT2D eigenvalue weighted by Crippen LogP contribution is -2.42. The van der Waals surface area contributed by atoms with Crippen LogP contribution in [0, 0.1) is 0 Å². The lowest BCUT2D eigenvalue weighted by atomic mass is 10.2. The fraction of sp³-hybridized carbons (Fsp3) is 0.607. The second-order valence-corrected chi connectivity index (χ2v) is 17.1. The molecule has 0 saturated carbocycles. The second kappa shape index (κ2) is 12.6. The van der Waals surface area contributed by atoms with Gasteiger partial charge in [-0.05, 0) is 42.2 Å². The number of fused-ring (bicyclic) bond motifs is 1. The number of rotatable bonds is 11. The van der Waals surface area contributed by atoms with Gasteiger partial charge in [-0.3, -0.25) is 23.4 Å². The number of ether oxygens (including phenoxy) is 2. The van der Waals surface area contributed by atoms with E-state index in [4.69, 9.17) is 25.5 Å². The molecule has 1 aliphatic rings. The molecule has 0 radical (unpaired) electrons. The van der Waals surface area contributed by atoms with Crippen molar-refractivity contribution in [1.29, 1.82) is 0 Å². The smallest absolute Gasteiger partial charge is 0.332 e. The van der Waals surface area contributed by atoms with E-state index in [1.54, 1.807) is 11.6 Å². The molecular weight excluding hydrogens is 550 g/mol. The third-order valence-corrected chi connectivity index (χ3v) is 12.8. The minimum Gasteiger partial charge on any atom is -0.463 e. The Kier molecular flexibility index (Phi) is 9.61. The molecule has 0 N–H and O–H groups in total. The van der Waals surface area contributed by atoms with Gasteiger partial charge in [0.15, 0.2) is 19.5 Å². The predicted molar refractivity (Wildman–Crippen MR) is 160 cm³/mol. The van der Waals surface area contributed by atoms with Gasteiger partial charge in [0, 0.05) is 44.9 Å². The Bertz CT molecular complexity index is 1420. The molecule has 0 atom stereocenters. The monoisotopic (exact) mass is 591 g/mol. The maximum absolute atomic E-state index is 13.8. The minimum absolute atomic E-state index is 0.0885. The summed E-state index contributed by atoms with van der Waals surface area (Å²) >= 11 is 6.10. The zero-order valence-corrected chi connectivity index (χ0v) is 26.3. The van der Waals surface area contributed by atoms with Crippen LogP contribution >= 0.6 is 11.6 Å². The molecule has 3 aromatic rings. The highest BCUT2D eigenvalue weighted by molar-refractivity contribution is 6.74. The average Bonchev–Trinajstić information content (AvgIpc) is 3.26. The van der Waals surface area contributed by atoms with Crippen LogP contribution in [0.2, 0.25) is 23.2 Å². The summed E-state index contributed by atoms with van der Waals surface area (Å²) in [6, 6.07) is 7.75. The van der Waals surface area contributed by atoms with Crippen molar-refractivity contribution in [3.63, 3.8) is 0 Å². The Labute approximate surface area is 241 Å². The van der Waals surface area contributed by atoms with Gasteiger partial charge in [-0.2, -0.15) is 4.98 Å². The molecule has 0 spiro atoms. The topological polar surface area (TPSA) is 92.8 Å². The molecule has 1 fully saturated rings. The SMILES string of the molecule is Cn1c(=O)n(CCCO[Si](C)(C)C(C)(C)C)c(=O)c2c1nc(OCCN1CCOCC1)n2Cc1ccc(Cl)cc1. The fourth-order valence-corrected chi connectivity index (χ4v) is 5.65. The number of aryl methyl sites for hydroxylation is 1. The Morgan fingerprint density at radius 2 is 1.70 bits per heavy atom. The van der Waals surface area contributed by atoms with Gasteiger partial charge in [-0.1, -0.05) is 44.5 Å². The summed E-state index contributed by atoms with van der Waals surface area (Å²) in [7, 11) is -0.282. The highest BCUT2D eigenvalue weighted by Gasteiger charge is 2.36. The molecule has 1 aromatic carbocycles. The number of imidazole rings is 1. The van der Waals surface area contributed by atoms with Gasteiger partial charge >= 0.3 is 5.69 Å². The highest BCUT2D eigenvalue weighted by atomic mass is 35.5. The first-order valence-electron chi connectivity index (χ1n) is 13.9. The first kappa shape index (κ1) is 30.5. The summed E-state index contributed by atoms with van der Waals surface area (Å²) in [5.41, 5.74) is 0.794. The van der Waals surface area contributed by atoms with E-state index >= 15 is 0 Å². The molecule has 1 saturated heterocycles. The van der Waals surface area contributed by atoms with Crippen molar-refractivity contribution in [2.24, 2.45) is 7.05 Å². The predicted octanol–water partition coefficient (Wildman–Crippen LogP) is 3.72. The molecule has 0 unspecified atom stereocenters. The molecule has 0 aliphatic carbocycles. The maximum Gasteiger partial charge on any atom is 0.332 e. The summed E-state index contributed by atoms with van der Waals surface area (Å²) in [4.78, 5) is 34.0. The standard InChI is InChI=1S/C28H42ClN5O5Si/c1-28(2,3)40(5,6)39-16-7-12-33-25(35)23-24(31(4)27(33)36)30-26(38-19-15-32-13-17-37-18-14-32)34(23)20-21-8-10-22(29)11-9-21/h8-11H,7,12-20H2,1-6H3. The molecule has 0 bridgehead atoms. The number of morpholine rings is 1. The van der Waals surface area contributed by atoms with Crippen LogP contribution in [0.15, 0.2) is 33.9 Å². The first-order valence-corrected chi connectivity index (χ1v) is 17.2. The largest absolute Gasteiger partial charge is 0.463 e. The van der Waals surface area contributed by atoms with Crippen LogP contribution in [0.3, 0.4) is 0 Å². The van der Waals surface area contributed by atoms with Crippen LogP contribution in [-0.4, -0.2) is 78.0 Å². The number of nitrogens with zero attached hydrogens (tertiary/aromatic N) is 5. The van der Waals surface area contributed by atoms with E-state index in [0.29, 0.717) is 68.1 Å². The summed E-state index contributed by atoms with van der Waals surface area (Å²) in [5, 5.41) is 0.719. The number of hydrogen-bond acceptors (Lipinski definition) is 7. The molecule has 2 aromatic heterocycles. The first-order chi connectivity index (χ1) is 18.9. The van der Waals surface area contributed by atoms with Crippen LogP contribution in [0.1, 0.15) is 32.8 Å². The van der Waals surface area contributed by atoms with E-state index in [9.17, 15) is 9.59 Å². The molecule has 4 rings (SSSR count). The lowest BCUT2D eigenvalue weighted by Gasteiger charge is -2.36. The van der Waals surface area contributed by atoms with Crippen molar-refractivity contribution in [1.82, 2.24) is 23.6 Å². The zero-order chi connectivity index (χ0) is 29.1. The normalized spacial score (nSPS) is 15.2. The van der Waals surface area contributed by atoms with Gasteiger partial charge in [0.2, 0.25) is 0 Å². The molecule has 10 nitrogen and oxygen atoms in total. The number of benzene rings is 1. The fourth-order valence-electron chi connectivity index (χ4n) is 4.44. The lowest BCUT2D eigenvalue weighted by molar-refractivity contribution is 0.0315. The van der Waals surface area contributed by atoms with Crippen molar-refractivity contribution in [3.8, 4) is 6.01 Å². The van der Waals surface area contributed by atoms with Gasteiger partial charge in [0.05, 0.1) is 19.8 Å². The van der Waals surface area contributed by atoms with E-state index in [0.717, 1.165) is 18.7 Å². The van der Waals surface area contributed by atoms with E-state index in [1.807, 2.05) is 24.3 Å². The Balaban J connectivity index is 1.63. The van der Waals surface area contributed by atoms with Gasteiger partial charge < -0.3 is 13.9 Å². The van der Waals surface area contributed by atoms with Gasteiger partial charge in [0.1, 0.15) is 6.61 Å². The van der Waals surface area contributed by atoms with E-state index in [1.165, 1.54) is 9.13 Å². The van der Waals surface area contributed by atoms with Crippen molar-refractivity contribution in [2.45, 2.75) is 58.4 Å². The molecular formula is C28H42ClN5O5Si. The second-order valence-electron chi connectivity index (χ2n) is 11.8. The van der Waals surface area contributed by atoms with Crippen molar-refractivity contribution < 1.29 is 13.9 Å². The number of aromatic nitrogens is 4. The van der Waals surface area contributed by atoms with Crippen LogP contribution in [0.25, 0.3) is 11.2 Å². The van der Waals surface area contributed by atoms with E-state index in [2.05, 4.69) is 43.7 Å². The summed E-state index contributed by atoms with van der Waals surface area (Å²) in [5.74, 6) is 0. The Morgan fingerprint density at radius 3 is 2.35 bits per heavy atom. The molecule has 3 heterocycles. The zero-order valence-electron chi connectivity index (χ0n) is 24.5. The molecule has 1 aliphatic heterocycles. The van der Waals surface area contributed by atoms with Crippen LogP contribution in [0.5, 0.6) is 6.01 Å². The Hall–Kier alpha value is -2.44. The van der Waals surface area contributed by atoms with Crippen molar-refractivity contribution >= 4 is 31.1 Å². The Morgan fingerprint density at radius 1 is 1.02 bits per heavy atom. The van der Waals surface area contributed by atoms with Crippen LogP contribution < -0.4 is 16.0 Å². The molecule has 0 amide bonds. The molecule has 40 heavy (non-hydrogen) atoms. The van der Waals surface area contributed by atoms with Crippen LogP contribution in [0.4, 0.5) is 0 Å². The van der Waals surface area contributed by atoms with Gasteiger partial charge in [0.25, 0.3) is 11.6 Å². The summed E-state index contributed by atoms with van der Waals surface area (Å²) < 4.78 is 22.3. The quantitative estimate of drug-likeness (QED) is 0.248. The van der Waals surface area contributed by atoms with Crippen molar-refractivity contribution in [2.75, 3.05) is 46.1 Å². The maximum atomic E-state index is 13.8. The average molecular weight is 592 g/mol. The van der Waals surface area contributed by atoms with Gasteiger partial charge in [-0.15, -0.1) is 0 Å². The third kappa shape index (κ3) is 6.88. The van der Waals surface area contributed by atoms with Crippen molar-refractivity contribution in [3.05, 3.63) is 55.7 Å². The number of hydrogen-bond donors (Lipinski definition) is 0. The van der Waals surface area contributed by atoms with Crippen LogP contribution in [-0.2, 0) is 29.3 Å². The van der Waals surface area contributed by atoms with E-state index < -0.39 is 14.0 Å². The molecule has 220 valence electrons. The summed E-state index contributed by atoms with van der Waals surface area (Å²) in [6.45, 7) is 16.3. The van der Waals surface area contributed by atoms with E-state index in [-0.39, 0.29) is 17.1 Å². The minimum atomic E-state index is -1.92. The molecule has 12 heteroatoms. The number of halogens is 1.